The van der Waals surface area contributed by atoms with Crippen LogP contribution in [0.1, 0.15) is 25.5 Å². The molecular weight excluding hydrogens is 489 g/mol. The highest BCUT2D eigenvalue weighted by Gasteiger charge is 2.35. The Balaban J connectivity index is 1.61. The van der Waals surface area contributed by atoms with Crippen LogP contribution in [0.4, 0.5) is 10.3 Å². The fraction of sp³-hybridized carbons (Fsp3) is 0.391. The molecule has 0 atom stereocenters. The Morgan fingerprint density at radius 2 is 1.94 bits per heavy atom. The number of nitrogens with one attached hydrogen (secondary N) is 3. The third-order valence-corrected chi connectivity index (χ3v) is 6.09. The maximum absolute atomic E-state index is 13.6. The number of nitrogens with zero attached hydrogens (tertiary/aromatic N) is 4. The molecular formula is C23H26FN7O4S. The number of aromatic nitrogens is 4. The van der Waals surface area contributed by atoms with Crippen molar-refractivity contribution in [2.75, 3.05) is 37.9 Å². The minimum atomic E-state index is -3.34. The molecule has 1 aromatic carbocycles. The average Bonchev–Trinajstić information content (AvgIpc) is 3.29. The van der Waals surface area contributed by atoms with Crippen LogP contribution in [0, 0.1) is 22.6 Å². The Labute approximate surface area is 208 Å². The van der Waals surface area contributed by atoms with Gasteiger partial charge in [0.15, 0.2) is 5.82 Å². The summed E-state index contributed by atoms with van der Waals surface area (Å²) in [6, 6.07) is 9.67. The first-order valence-corrected chi connectivity index (χ1v) is 13.0. The van der Waals surface area contributed by atoms with E-state index in [0.29, 0.717) is 47.4 Å². The Hall–Kier alpha value is -3.44. The predicted molar refractivity (Wildman–Crippen MR) is 129 cm³/mol. The lowest BCUT2D eigenvalue weighted by Crippen LogP contribution is -2.45. The minimum absolute atomic E-state index is 0.172. The number of nitriles is 1. The van der Waals surface area contributed by atoms with E-state index in [1.54, 1.807) is 24.4 Å². The van der Waals surface area contributed by atoms with E-state index in [4.69, 9.17) is 14.7 Å². The van der Waals surface area contributed by atoms with Gasteiger partial charge in [0.2, 0.25) is 22.3 Å². The largest absolute Gasteiger partial charge is 0.353 e. The van der Waals surface area contributed by atoms with Crippen molar-refractivity contribution in [1.29, 1.82) is 5.26 Å². The molecule has 2 aromatic heterocycles. The Morgan fingerprint density at radius 3 is 2.61 bits per heavy atom. The number of benzene rings is 1. The highest BCUT2D eigenvalue weighted by Crippen LogP contribution is 2.35. The zero-order valence-corrected chi connectivity index (χ0v) is 20.6. The van der Waals surface area contributed by atoms with Crippen molar-refractivity contribution < 1.29 is 22.3 Å². The number of sulfonamides is 1. The van der Waals surface area contributed by atoms with Crippen LogP contribution in [0.5, 0.6) is 0 Å². The van der Waals surface area contributed by atoms with Crippen LogP contribution in [0.25, 0.3) is 22.6 Å². The summed E-state index contributed by atoms with van der Waals surface area (Å²) < 4.78 is 50.8. The first kappa shape index (κ1) is 25.6. The molecule has 1 aliphatic heterocycles. The monoisotopic (exact) mass is 515 g/mol. The van der Waals surface area contributed by atoms with Crippen LogP contribution in [0.15, 0.2) is 36.5 Å². The number of H-pyrrole nitrogens is 1. The van der Waals surface area contributed by atoms with Crippen LogP contribution in [0.3, 0.4) is 0 Å². The molecule has 4 rings (SSSR count). The SMILES string of the molecule is CC1(CNS(C)(=O)=O)COC(c2nc(-c3ccc(F)cc3)c(-c3ccnc(NCCC#N)n3)[nH]2)OC1. The molecule has 0 amide bonds. The summed E-state index contributed by atoms with van der Waals surface area (Å²) in [5.74, 6) is 0.367. The minimum Gasteiger partial charge on any atom is -0.353 e. The van der Waals surface area contributed by atoms with Gasteiger partial charge < -0.3 is 19.8 Å². The smallest absolute Gasteiger partial charge is 0.223 e. The molecule has 0 saturated carbocycles. The predicted octanol–water partition coefficient (Wildman–Crippen LogP) is 2.60. The molecule has 1 aliphatic rings. The molecule has 0 spiro atoms. The zero-order valence-electron chi connectivity index (χ0n) is 19.8. The Bertz CT molecular complexity index is 1350. The lowest BCUT2D eigenvalue weighted by atomic mass is 9.92. The second kappa shape index (κ2) is 10.7. The number of imidazole rings is 1. The molecule has 36 heavy (non-hydrogen) atoms. The molecule has 11 nitrogen and oxygen atoms in total. The zero-order chi connectivity index (χ0) is 25.8. The van der Waals surface area contributed by atoms with Gasteiger partial charge >= 0.3 is 0 Å². The highest BCUT2D eigenvalue weighted by atomic mass is 32.2. The number of anilines is 1. The summed E-state index contributed by atoms with van der Waals surface area (Å²) in [6.07, 6.45) is 2.17. The molecule has 1 saturated heterocycles. The molecule has 3 N–H and O–H groups in total. The van der Waals surface area contributed by atoms with E-state index >= 15 is 0 Å². The van der Waals surface area contributed by atoms with E-state index in [9.17, 15) is 12.8 Å². The molecule has 13 heteroatoms. The molecule has 3 aromatic rings. The summed E-state index contributed by atoms with van der Waals surface area (Å²) in [4.78, 5) is 16.6. The topological polar surface area (TPSA) is 155 Å². The van der Waals surface area contributed by atoms with Crippen LogP contribution in [-0.2, 0) is 19.5 Å². The van der Waals surface area contributed by atoms with Crippen LogP contribution < -0.4 is 10.0 Å². The normalized spacial score (nSPS) is 20.1. The van der Waals surface area contributed by atoms with Gasteiger partial charge in [0.05, 0.1) is 49.0 Å². The molecule has 0 bridgehead atoms. The molecule has 0 unspecified atom stereocenters. The van der Waals surface area contributed by atoms with Gasteiger partial charge in [-0.05, 0) is 30.3 Å². The summed E-state index contributed by atoms with van der Waals surface area (Å²) in [6.45, 7) is 2.91. The van der Waals surface area contributed by atoms with Crippen molar-refractivity contribution in [3.8, 4) is 28.7 Å². The van der Waals surface area contributed by atoms with Crippen molar-refractivity contribution in [2.24, 2.45) is 5.41 Å². The molecule has 190 valence electrons. The number of hydrogen-bond acceptors (Lipinski definition) is 9. The third-order valence-electron chi connectivity index (χ3n) is 5.42. The van der Waals surface area contributed by atoms with Gasteiger partial charge in [-0.1, -0.05) is 6.92 Å². The van der Waals surface area contributed by atoms with E-state index in [1.165, 1.54) is 12.1 Å². The van der Waals surface area contributed by atoms with Gasteiger partial charge in [-0.2, -0.15) is 5.26 Å². The van der Waals surface area contributed by atoms with E-state index in [0.717, 1.165) is 6.26 Å². The quantitative estimate of drug-likeness (QED) is 0.365. The Kier molecular flexibility index (Phi) is 7.60. The summed E-state index contributed by atoms with van der Waals surface area (Å²) in [7, 11) is -3.34. The first-order valence-electron chi connectivity index (χ1n) is 11.1. The van der Waals surface area contributed by atoms with Gasteiger partial charge in [-0.25, -0.2) is 32.5 Å². The van der Waals surface area contributed by atoms with E-state index < -0.39 is 21.7 Å². The van der Waals surface area contributed by atoms with E-state index in [2.05, 4.69) is 36.0 Å². The average molecular weight is 516 g/mol. The van der Waals surface area contributed by atoms with Gasteiger partial charge in [-0.15, -0.1) is 0 Å². The standard InChI is InChI=1S/C23H26FN7O4S/c1-23(12-28-36(2,32)33)13-34-21(35-14-23)20-30-18(15-4-6-16(24)7-5-15)19(31-20)17-8-11-27-22(29-17)26-10-3-9-25/h4-8,11,21,28H,3,10,12-14H2,1-2H3,(H,30,31)(H,26,27,29). The van der Waals surface area contributed by atoms with E-state index in [-0.39, 0.29) is 25.6 Å². The highest BCUT2D eigenvalue weighted by molar-refractivity contribution is 7.88. The van der Waals surface area contributed by atoms with Crippen molar-refractivity contribution in [3.63, 3.8) is 0 Å². The number of ether oxygens (including phenoxy) is 2. The van der Waals surface area contributed by atoms with Crippen molar-refractivity contribution in [3.05, 3.63) is 48.2 Å². The summed E-state index contributed by atoms with van der Waals surface area (Å²) in [5.41, 5.74) is 1.71. The van der Waals surface area contributed by atoms with Gasteiger partial charge in [0.25, 0.3) is 0 Å². The summed E-state index contributed by atoms with van der Waals surface area (Å²) in [5, 5.41) is 11.8. The van der Waals surface area contributed by atoms with Gasteiger partial charge in [-0.3, -0.25) is 0 Å². The number of aromatic amines is 1. The fourth-order valence-corrected chi connectivity index (χ4v) is 4.14. The van der Waals surface area contributed by atoms with Crippen molar-refractivity contribution >= 4 is 16.0 Å². The second-order valence-corrected chi connectivity index (χ2v) is 10.6. The molecule has 0 aliphatic carbocycles. The van der Waals surface area contributed by atoms with Crippen LogP contribution >= 0.6 is 0 Å². The van der Waals surface area contributed by atoms with Crippen LogP contribution in [-0.4, -0.2) is 60.9 Å². The lowest BCUT2D eigenvalue weighted by Gasteiger charge is -2.36. The lowest BCUT2D eigenvalue weighted by molar-refractivity contribution is -0.231. The molecule has 1 fully saturated rings. The maximum Gasteiger partial charge on any atom is 0.223 e. The number of rotatable bonds is 9. The van der Waals surface area contributed by atoms with E-state index in [1.807, 2.05) is 6.92 Å². The van der Waals surface area contributed by atoms with Gasteiger partial charge in [0, 0.05) is 30.3 Å². The van der Waals surface area contributed by atoms with Gasteiger partial charge in [0.1, 0.15) is 5.82 Å². The molecule has 0 radical (unpaired) electrons. The maximum atomic E-state index is 13.6. The second-order valence-electron chi connectivity index (χ2n) is 8.81. The Morgan fingerprint density at radius 1 is 1.22 bits per heavy atom. The van der Waals surface area contributed by atoms with Crippen molar-refractivity contribution in [1.82, 2.24) is 24.7 Å². The van der Waals surface area contributed by atoms with Crippen LogP contribution in [0.2, 0.25) is 0 Å². The van der Waals surface area contributed by atoms with Crippen molar-refractivity contribution in [2.45, 2.75) is 19.6 Å². The number of halogens is 1. The summed E-state index contributed by atoms with van der Waals surface area (Å²) >= 11 is 0. The third kappa shape index (κ3) is 6.41. The molecule has 3 heterocycles. The fourth-order valence-electron chi connectivity index (χ4n) is 3.53. The number of hydrogen-bond donors (Lipinski definition) is 3. The first-order chi connectivity index (χ1) is 17.2.